The molecule has 46 heavy (non-hydrogen) atoms. The lowest BCUT2D eigenvalue weighted by Gasteiger charge is -2.32. The highest BCUT2D eigenvalue weighted by Gasteiger charge is 2.30. The number of aromatic nitrogens is 1. The van der Waals surface area contributed by atoms with Crippen LogP contribution < -0.4 is 15.4 Å². The van der Waals surface area contributed by atoms with Crippen molar-refractivity contribution in [3.63, 3.8) is 0 Å². The number of aryl methyl sites for hydroxylation is 3. The fourth-order valence-electron chi connectivity index (χ4n) is 5.92. The average molecular weight is 618 g/mol. The molecular weight excluding hydrogens is 578 g/mol. The van der Waals surface area contributed by atoms with Gasteiger partial charge in [0.1, 0.15) is 5.75 Å². The molecule has 3 heterocycles. The fraction of sp³-hybridized carbons (Fsp3) is 0.297. The molecule has 3 amide bonds. The number of ether oxygens (including phenoxy) is 1. The van der Waals surface area contributed by atoms with E-state index in [2.05, 4.69) is 39.4 Å². The second kappa shape index (κ2) is 13.4. The van der Waals surface area contributed by atoms with Gasteiger partial charge in [-0.1, -0.05) is 12.1 Å². The molecule has 9 heteroatoms. The zero-order valence-corrected chi connectivity index (χ0v) is 26.5. The van der Waals surface area contributed by atoms with Crippen LogP contribution in [0.15, 0.2) is 77.9 Å². The number of nitrogens with one attached hydrogen (secondary N) is 2. The zero-order chi connectivity index (χ0) is 32.2. The van der Waals surface area contributed by atoms with Crippen molar-refractivity contribution in [2.24, 2.45) is 12.0 Å². The van der Waals surface area contributed by atoms with Crippen LogP contribution in [0.2, 0.25) is 0 Å². The molecule has 6 rings (SSSR count). The van der Waals surface area contributed by atoms with E-state index >= 15 is 0 Å². The van der Waals surface area contributed by atoms with Crippen LogP contribution in [0.25, 0.3) is 11.1 Å². The molecule has 0 aliphatic carbocycles. The molecule has 0 bridgehead atoms. The number of fused-ring (bicyclic) bond motifs is 2. The Labute approximate surface area is 269 Å². The first-order valence-corrected chi connectivity index (χ1v) is 15.8. The number of anilines is 2. The van der Waals surface area contributed by atoms with Gasteiger partial charge in [0, 0.05) is 61.1 Å². The number of benzene rings is 3. The number of aliphatic imine (C=N–C) groups is 1. The molecule has 1 aromatic heterocycles. The molecule has 3 aromatic carbocycles. The number of piperidine rings is 1. The third-order valence-corrected chi connectivity index (χ3v) is 8.69. The number of nitrogens with zero attached hydrogens (tertiary/aromatic N) is 3. The van der Waals surface area contributed by atoms with E-state index in [1.165, 1.54) is 5.69 Å². The van der Waals surface area contributed by atoms with E-state index in [0.717, 1.165) is 42.5 Å². The Kier molecular flexibility index (Phi) is 9.01. The van der Waals surface area contributed by atoms with Gasteiger partial charge in [-0.25, -0.2) is 0 Å². The predicted molar refractivity (Wildman–Crippen MR) is 181 cm³/mol. The number of rotatable bonds is 9. The molecule has 236 valence electrons. The lowest BCUT2D eigenvalue weighted by Crippen LogP contribution is -2.43. The van der Waals surface area contributed by atoms with Crippen molar-refractivity contribution in [2.45, 2.75) is 52.0 Å². The first-order chi connectivity index (χ1) is 22.2. The number of carbonyl (C=O) groups is 3. The van der Waals surface area contributed by atoms with Gasteiger partial charge in [0.15, 0.2) is 0 Å². The van der Waals surface area contributed by atoms with E-state index in [1.807, 2.05) is 61.5 Å². The van der Waals surface area contributed by atoms with E-state index in [1.54, 1.807) is 24.3 Å². The summed E-state index contributed by atoms with van der Waals surface area (Å²) in [6.07, 6.45) is 7.83. The maximum Gasteiger partial charge on any atom is 0.256 e. The topological polar surface area (TPSA) is 105 Å². The molecule has 9 nitrogen and oxygen atoms in total. The van der Waals surface area contributed by atoms with Crippen LogP contribution in [0.3, 0.4) is 0 Å². The minimum absolute atomic E-state index is 0.0288. The van der Waals surface area contributed by atoms with Crippen LogP contribution in [-0.4, -0.2) is 52.6 Å². The van der Waals surface area contributed by atoms with Crippen LogP contribution in [-0.2, 0) is 11.8 Å². The summed E-state index contributed by atoms with van der Waals surface area (Å²) in [5, 5.41) is 5.81. The van der Waals surface area contributed by atoms with Gasteiger partial charge in [0.25, 0.3) is 11.8 Å². The molecule has 2 aliphatic rings. The summed E-state index contributed by atoms with van der Waals surface area (Å²) in [6, 6.07) is 20.4. The van der Waals surface area contributed by atoms with Gasteiger partial charge in [0.2, 0.25) is 5.91 Å². The maximum atomic E-state index is 13.1. The molecule has 1 saturated heterocycles. The largest absolute Gasteiger partial charge is 0.493 e. The third-order valence-electron chi connectivity index (χ3n) is 8.69. The highest BCUT2D eigenvalue weighted by atomic mass is 16.5. The molecular formula is C37H39N5O4. The molecule has 1 atom stereocenters. The van der Waals surface area contributed by atoms with E-state index in [4.69, 9.17) is 4.74 Å². The minimum atomic E-state index is -0.225. The third kappa shape index (κ3) is 6.88. The van der Waals surface area contributed by atoms with Gasteiger partial charge in [-0.2, -0.15) is 0 Å². The van der Waals surface area contributed by atoms with Crippen LogP contribution >= 0.6 is 0 Å². The Morgan fingerprint density at radius 2 is 1.67 bits per heavy atom. The second-order valence-corrected chi connectivity index (χ2v) is 12.1. The highest BCUT2D eigenvalue weighted by molar-refractivity contribution is 6.05. The molecule has 2 aliphatic heterocycles. The van der Waals surface area contributed by atoms with Crippen molar-refractivity contribution in [3.05, 3.63) is 95.3 Å². The number of carbonyl (C=O) groups excluding carboxylic acids is 3. The molecule has 4 aromatic rings. The summed E-state index contributed by atoms with van der Waals surface area (Å²) in [4.78, 5) is 45.1. The molecule has 0 unspecified atom stereocenters. The Bertz CT molecular complexity index is 1770. The Morgan fingerprint density at radius 1 is 0.935 bits per heavy atom. The molecule has 2 N–H and O–H groups in total. The van der Waals surface area contributed by atoms with Crippen LogP contribution in [0, 0.1) is 13.8 Å². The van der Waals surface area contributed by atoms with Crippen LogP contribution in [0.1, 0.15) is 64.1 Å². The summed E-state index contributed by atoms with van der Waals surface area (Å²) >= 11 is 0. The molecule has 0 spiro atoms. The normalized spacial score (nSPS) is 15.5. The van der Waals surface area contributed by atoms with Gasteiger partial charge in [0.05, 0.1) is 23.9 Å². The maximum absolute atomic E-state index is 13.1. The van der Waals surface area contributed by atoms with Crippen molar-refractivity contribution in [3.8, 4) is 16.9 Å². The first-order valence-electron chi connectivity index (χ1n) is 15.8. The van der Waals surface area contributed by atoms with Gasteiger partial charge in [-0.3, -0.25) is 19.4 Å². The average Bonchev–Trinajstić information content (AvgIpc) is 3.33. The van der Waals surface area contributed by atoms with Crippen molar-refractivity contribution in [1.29, 1.82) is 0 Å². The van der Waals surface area contributed by atoms with Crippen LogP contribution in [0.4, 0.5) is 17.1 Å². The van der Waals surface area contributed by atoms with E-state index < -0.39 is 0 Å². The second-order valence-electron chi connectivity index (χ2n) is 12.1. The smallest absolute Gasteiger partial charge is 0.256 e. The van der Waals surface area contributed by atoms with Crippen molar-refractivity contribution < 1.29 is 19.1 Å². The van der Waals surface area contributed by atoms with E-state index in [-0.39, 0.29) is 30.2 Å². The monoisotopic (exact) mass is 617 g/mol. The molecule has 0 saturated carbocycles. The summed E-state index contributed by atoms with van der Waals surface area (Å²) in [5.74, 6) is 0.332. The first kappa shape index (κ1) is 30.8. The standard InChI is InChI=1S/C37H39N5O4/c1-24-19-32-33(38-22-31-7-4-5-17-42(31)37(32)45)21-34(24)46-18-6-8-35(43)39-29-15-11-27(12-16-29)36(44)40-30-13-9-26(10-14-30)28-20-25(2)41(3)23-28/h9-16,19-23,31H,4-8,17-18H2,1-3H3,(H,39,43)(H,40,44)/t31-/m0/s1. The predicted octanol–water partition coefficient (Wildman–Crippen LogP) is 7.07. The highest BCUT2D eigenvalue weighted by Crippen LogP contribution is 2.34. The lowest BCUT2D eigenvalue weighted by atomic mass is 10.0. The molecule has 0 radical (unpaired) electrons. The van der Waals surface area contributed by atoms with Gasteiger partial charge >= 0.3 is 0 Å². The van der Waals surface area contributed by atoms with Gasteiger partial charge in [-0.15, -0.1) is 0 Å². The van der Waals surface area contributed by atoms with Gasteiger partial charge in [-0.05, 0) is 105 Å². The van der Waals surface area contributed by atoms with Crippen molar-refractivity contribution >= 4 is 41.0 Å². The van der Waals surface area contributed by atoms with E-state index in [9.17, 15) is 14.4 Å². The number of hydrogen-bond acceptors (Lipinski definition) is 5. The molecule has 1 fully saturated rings. The van der Waals surface area contributed by atoms with Crippen molar-refractivity contribution in [2.75, 3.05) is 23.8 Å². The summed E-state index contributed by atoms with van der Waals surface area (Å²) in [7, 11) is 2.02. The summed E-state index contributed by atoms with van der Waals surface area (Å²) in [5.41, 5.74) is 7.32. The Hall–Kier alpha value is -5.18. The van der Waals surface area contributed by atoms with Crippen LogP contribution in [0.5, 0.6) is 5.75 Å². The Morgan fingerprint density at radius 3 is 2.41 bits per heavy atom. The minimum Gasteiger partial charge on any atom is -0.493 e. The Balaban J connectivity index is 0.964. The van der Waals surface area contributed by atoms with E-state index in [0.29, 0.717) is 47.0 Å². The zero-order valence-electron chi connectivity index (χ0n) is 26.5. The SMILES string of the molecule is Cc1cc2c(cc1OCCCC(=O)Nc1ccc(C(=O)Nc3ccc(-c4cc(C)n(C)c4)cc3)cc1)N=C[C@@H]1CCCCN1C2=O. The quantitative estimate of drug-likeness (QED) is 0.196. The fourth-order valence-corrected chi connectivity index (χ4v) is 5.92. The van der Waals surface area contributed by atoms with Crippen molar-refractivity contribution in [1.82, 2.24) is 9.47 Å². The summed E-state index contributed by atoms with van der Waals surface area (Å²) in [6.45, 7) is 5.10. The lowest BCUT2D eigenvalue weighted by molar-refractivity contribution is -0.116. The number of hydrogen-bond donors (Lipinski definition) is 2. The number of amides is 3. The summed E-state index contributed by atoms with van der Waals surface area (Å²) < 4.78 is 8.08. The van der Waals surface area contributed by atoms with Gasteiger partial charge < -0.3 is 24.8 Å².